The molecule has 3 nitrogen and oxygen atoms in total. The first kappa shape index (κ1) is 6.62. The summed E-state index contributed by atoms with van der Waals surface area (Å²) < 4.78 is 4.47. The van der Waals surface area contributed by atoms with E-state index in [2.05, 4.69) is 9.73 Å². The van der Waals surface area contributed by atoms with Gasteiger partial charge in [0.2, 0.25) is 6.61 Å². The van der Waals surface area contributed by atoms with Crippen molar-refractivity contribution in [1.82, 2.24) is 0 Å². The number of nitrogens with one attached hydrogen (secondary N) is 1. The molecule has 0 saturated carbocycles. The summed E-state index contributed by atoms with van der Waals surface area (Å²) in [6.07, 6.45) is 1.28. The Labute approximate surface area is 51.1 Å². The molecule has 0 saturated heterocycles. The lowest BCUT2D eigenvalue weighted by Crippen LogP contribution is -3.00. The van der Waals surface area contributed by atoms with Crippen molar-refractivity contribution in [2.24, 2.45) is 0 Å². The Bertz CT molecular complexity index is 101. The molecule has 0 bridgehead atoms. The van der Waals surface area contributed by atoms with E-state index in [-0.39, 0.29) is 29.5 Å². The van der Waals surface area contributed by atoms with Crippen molar-refractivity contribution in [2.75, 3.05) is 6.61 Å². The van der Waals surface area contributed by atoms with Crippen LogP contribution in [-0.2, 0) is 9.53 Å². The molecule has 1 N–H and O–H groups in total. The minimum Gasteiger partial charge on any atom is -1.00 e. The largest absolute Gasteiger partial charge is 1.00 e. The fraction of sp³-hybridized carbons (Fsp3) is 0.333. The van der Waals surface area contributed by atoms with E-state index in [0.29, 0.717) is 0 Å². The van der Waals surface area contributed by atoms with Gasteiger partial charge in [-0.1, -0.05) is 0 Å². The molecule has 0 aromatic heterocycles. The van der Waals surface area contributed by atoms with Crippen LogP contribution in [0.1, 0.15) is 0 Å². The first-order valence-corrected chi connectivity index (χ1v) is 1.62. The Morgan fingerprint density at radius 2 is 2.57 bits per heavy atom. The van der Waals surface area contributed by atoms with Crippen LogP contribution in [0.3, 0.4) is 0 Å². The van der Waals surface area contributed by atoms with Crippen LogP contribution < -0.4 is 22.0 Å². The van der Waals surface area contributed by atoms with Crippen molar-refractivity contribution >= 4 is 12.3 Å². The van der Waals surface area contributed by atoms with Gasteiger partial charge in [0, 0.05) is 0 Å². The number of amides is 1. The number of carbonyl (C=O) groups excluding carboxylic acids is 1. The van der Waals surface area contributed by atoms with Crippen molar-refractivity contribution in [1.29, 1.82) is 0 Å². The third kappa shape index (κ3) is 1.68. The van der Waals surface area contributed by atoms with Gasteiger partial charge in [-0.15, -0.1) is 4.99 Å². The highest BCUT2D eigenvalue weighted by Gasteiger charge is 2.10. The van der Waals surface area contributed by atoms with E-state index < -0.39 is 0 Å². The van der Waals surface area contributed by atoms with Crippen LogP contribution in [0, 0.1) is 0 Å². The predicted molar refractivity (Wildman–Crippen MR) is 18.0 cm³/mol. The van der Waals surface area contributed by atoms with Crippen LogP contribution in [0.4, 0.5) is 0 Å². The second kappa shape index (κ2) is 2.74. The van der Waals surface area contributed by atoms with Crippen molar-refractivity contribution in [3.8, 4) is 0 Å². The van der Waals surface area contributed by atoms with Crippen LogP contribution in [0.25, 0.3) is 0 Å². The van der Waals surface area contributed by atoms with Gasteiger partial charge in [-0.25, -0.2) is 4.79 Å². The fourth-order valence-corrected chi connectivity index (χ4v) is 0.266. The van der Waals surface area contributed by atoms with Gasteiger partial charge in [-0.3, -0.25) is 0 Å². The molecule has 0 unspecified atom stereocenters. The van der Waals surface area contributed by atoms with E-state index >= 15 is 0 Å². The molecule has 1 amide bonds. The maximum atomic E-state index is 9.98. The molecule has 0 aromatic rings. The van der Waals surface area contributed by atoms with E-state index in [9.17, 15) is 4.79 Å². The normalized spacial score (nSPS) is 15.7. The lowest BCUT2D eigenvalue weighted by molar-refractivity contribution is -0.365. The summed E-state index contributed by atoms with van der Waals surface area (Å²) in [6.45, 7) is 0.181. The van der Waals surface area contributed by atoms with Crippen LogP contribution >= 0.6 is 0 Å². The Kier molecular flexibility index (Phi) is 2.59. The van der Waals surface area contributed by atoms with Gasteiger partial charge in [0.05, 0.1) is 0 Å². The second-order valence-electron chi connectivity index (χ2n) is 0.996. The summed E-state index contributed by atoms with van der Waals surface area (Å²) in [7, 11) is 0. The predicted octanol–water partition coefficient (Wildman–Crippen LogP) is -5.34. The van der Waals surface area contributed by atoms with Crippen LogP contribution in [0.15, 0.2) is 0 Å². The zero-order valence-corrected chi connectivity index (χ0v) is 5.06. The van der Waals surface area contributed by atoms with Crippen molar-refractivity contribution < 1.29 is 31.5 Å². The molecule has 1 rings (SSSR count). The Morgan fingerprint density at radius 3 is 2.71 bits per heavy atom. The van der Waals surface area contributed by atoms with Gasteiger partial charge in [0.25, 0.3) is 0 Å². The van der Waals surface area contributed by atoms with Gasteiger partial charge in [-0.05, 0) is 0 Å². The summed E-state index contributed by atoms with van der Waals surface area (Å²) >= 11 is 0. The summed E-state index contributed by atoms with van der Waals surface area (Å²) in [5, 5.41) is 0. The van der Waals surface area contributed by atoms with Gasteiger partial charge in [-0.2, -0.15) is 0 Å². The van der Waals surface area contributed by atoms with E-state index in [1.165, 1.54) is 6.40 Å². The highest BCUT2D eigenvalue weighted by Crippen LogP contribution is 1.62. The number of carbonyl (C=O) groups is 1. The molecule has 1 aliphatic heterocycles. The zero-order chi connectivity index (χ0) is 4.41. The standard InChI is InChI=1S/C3H3NO2.BrH/c5-3-1-6-2-4-3;/h2H,1H2;1H. The molecule has 0 radical (unpaired) electrons. The van der Waals surface area contributed by atoms with Gasteiger partial charge in [0.1, 0.15) is 0 Å². The molecule has 0 aromatic carbocycles. The van der Waals surface area contributed by atoms with Gasteiger partial charge in [0.15, 0.2) is 0 Å². The Balaban J connectivity index is 0.000000360. The Morgan fingerprint density at radius 1 is 1.86 bits per heavy atom. The summed E-state index contributed by atoms with van der Waals surface area (Å²) in [5.41, 5.74) is 0. The molecule has 1 aliphatic rings. The first-order chi connectivity index (χ1) is 2.89. The fourth-order valence-electron chi connectivity index (χ4n) is 0.266. The number of rotatable bonds is 0. The number of hydrogen-bond donors (Lipinski definition) is 1. The number of halogens is 1. The molecule has 0 aliphatic carbocycles. The van der Waals surface area contributed by atoms with Crippen molar-refractivity contribution in [3.05, 3.63) is 0 Å². The molecule has 1 heterocycles. The molecule has 40 valence electrons. The minimum atomic E-state index is -0.0741. The third-order valence-electron chi connectivity index (χ3n) is 0.518. The molecule has 0 atom stereocenters. The average Bonchev–Trinajstić information content (AvgIpc) is 1.86. The summed E-state index contributed by atoms with van der Waals surface area (Å²) in [6, 6.07) is 0. The highest BCUT2D eigenvalue weighted by molar-refractivity contribution is 5.73. The summed E-state index contributed by atoms with van der Waals surface area (Å²) in [4.78, 5) is 12.3. The molecule has 4 heteroatoms. The van der Waals surface area contributed by atoms with Crippen LogP contribution in [-0.4, -0.2) is 18.9 Å². The first-order valence-electron chi connectivity index (χ1n) is 1.62. The zero-order valence-electron chi connectivity index (χ0n) is 3.48. The van der Waals surface area contributed by atoms with Gasteiger partial charge >= 0.3 is 12.3 Å². The van der Waals surface area contributed by atoms with Crippen molar-refractivity contribution in [2.45, 2.75) is 0 Å². The molecule has 0 spiro atoms. The van der Waals surface area contributed by atoms with E-state index in [4.69, 9.17) is 0 Å². The van der Waals surface area contributed by atoms with E-state index in [0.717, 1.165) is 0 Å². The average molecular weight is 166 g/mol. The lowest BCUT2D eigenvalue weighted by atomic mass is 10.7. The SMILES string of the molecule is O=C1COC=[NH+]1.[Br-]. The third-order valence-corrected chi connectivity index (χ3v) is 0.518. The Hall–Kier alpha value is -0.380. The maximum Gasteiger partial charge on any atom is 0.425 e. The van der Waals surface area contributed by atoms with E-state index in [1.807, 2.05) is 0 Å². The molecule has 7 heavy (non-hydrogen) atoms. The topological polar surface area (TPSA) is 40.3 Å². The molecular formula is C3H4BrNO2. The van der Waals surface area contributed by atoms with Gasteiger partial charge < -0.3 is 21.7 Å². The molecule has 0 fully saturated rings. The monoisotopic (exact) mass is 165 g/mol. The smallest absolute Gasteiger partial charge is 0.425 e. The lowest BCUT2D eigenvalue weighted by Gasteiger charge is -1.69. The summed E-state index contributed by atoms with van der Waals surface area (Å²) in [5.74, 6) is -0.0741. The minimum absolute atomic E-state index is 0. The van der Waals surface area contributed by atoms with Crippen LogP contribution in [0.5, 0.6) is 0 Å². The van der Waals surface area contributed by atoms with E-state index in [1.54, 1.807) is 0 Å². The highest BCUT2D eigenvalue weighted by atomic mass is 79.9. The quantitative estimate of drug-likeness (QED) is 0.390. The van der Waals surface area contributed by atoms with Crippen LogP contribution in [0.2, 0.25) is 0 Å². The molecular weight excluding hydrogens is 162 g/mol. The maximum absolute atomic E-state index is 9.98. The number of ether oxygens (including phenoxy) is 1. The van der Waals surface area contributed by atoms with Crippen molar-refractivity contribution in [3.63, 3.8) is 0 Å². The second-order valence-corrected chi connectivity index (χ2v) is 0.996. The number of hydrogen-bond acceptors (Lipinski definition) is 2.